The standard InChI is InChI=1S/C17H22N2O3S/c20-17(9-3-1-2-4-10-17)13-19-23(21,22)16-7-5-6-14-12-18-11-8-15(14)16/h5-8,11-12,19-20H,1-4,9-10,13H2. The molecular formula is C17H22N2O3S. The van der Waals surface area contributed by atoms with Crippen molar-refractivity contribution in [3.05, 3.63) is 36.7 Å². The fourth-order valence-corrected chi connectivity index (χ4v) is 4.55. The van der Waals surface area contributed by atoms with Crippen LogP contribution < -0.4 is 4.72 Å². The Morgan fingerprint density at radius 2 is 1.87 bits per heavy atom. The number of hydrogen-bond acceptors (Lipinski definition) is 4. The van der Waals surface area contributed by atoms with Gasteiger partial charge in [-0.3, -0.25) is 4.98 Å². The Kier molecular flexibility index (Phi) is 4.66. The lowest BCUT2D eigenvalue weighted by atomic mass is 9.95. The van der Waals surface area contributed by atoms with Crippen LogP contribution in [-0.4, -0.2) is 30.7 Å². The molecule has 2 N–H and O–H groups in total. The number of aliphatic hydroxyl groups is 1. The lowest BCUT2D eigenvalue weighted by molar-refractivity contribution is 0.0303. The second-order valence-corrected chi connectivity index (χ2v) is 8.05. The van der Waals surface area contributed by atoms with Crippen LogP contribution >= 0.6 is 0 Å². The van der Waals surface area contributed by atoms with E-state index < -0.39 is 15.6 Å². The Labute approximate surface area is 136 Å². The Bertz CT molecular complexity index is 776. The summed E-state index contributed by atoms with van der Waals surface area (Å²) in [7, 11) is -3.67. The van der Waals surface area contributed by atoms with Gasteiger partial charge in [0.25, 0.3) is 0 Å². The molecule has 0 saturated heterocycles. The number of benzene rings is 1. The van der Waals surface area contributed by atoms with Gasteiger partial charge in [0.1, 0.15) is 0 Å². The molecule has 2 aromatic rings. The van der Waals surface area contributed by atoms with Crippen LogP contribution in [0.1, 0.15) is 38.5 Å². The monoisotopic (exact) mass is 334 g/mol. The van der Waals surface area contributed by atoms with E-state index in [1.807, 2.05) is 6.07 Å². The molecule has 124 valence electrons. The van der Waals surface area contributed by atoms with E-state index in [9.17, 15) is 13.5 Å². The minimum atomic E-state index is -3.67. The predicted octanol–water partition coefficient (Wildman–Crippen LogP) is 2.60. The molecule has 5 nitrogen and oxygen atoms in total. The molecule has 0 atom stereocenters. The number of nitrogens with zero attached hydrogens (tertiary/aromatic N) is 1. The molecule has 0 bridgehead atoms. The Morgan fingerprint density at radius 3 is 2.61 bits per heavy atom. The van der Waals surface area contributed by atoms with Gasteiger partial charge in [0.2, 0.25) is 10.0 Å². The normalized spacial score (nSPS) is 18.7. The summed E-state index contributed by atoms with van der Waals surface area (Å²) in [5, 5.41) is 12.1. The minimum Gasteiger partial charge on any atom is -0.389 e. The molecule has 1 saturated carbocycles. The zero-order chi connectivity index (χ0) is 16.3. The summed E-state index contributed by atoms with van der Waals surface area (Å²) in [6, 6.07) is 6.82. The van der Waals surface area contributed by atoms with Gasteiger partial charge in [-0.25, -0.2) is 13.1 Å². The van der Waals surface area contributed by atoms with E-state index >= 15 is 0 Å². The van der Waals surface area contributed by atoms with Crippen molar-refractivity contribution in [2.24, 2.45) is 0 Å². The molecular weight excluding hydrogens is 312 g/mol. The second-order valence-electron chi connectivity index (χ2n) is 6.32. The first-order chi connectivity index (χ1) is 11.0. The molecule has 1 aromatic carbocycles. The van der Waals surface area contributed by atoms with E-state index in [1.165, 1.54) is 0 Å². The molecule has 23 heavy (non-hydrogen) atoms. The van der Waals surface area contributed by atoms with Crippen LogP contribution in [-0.2, 0) is 10.0 Å². The first-order valence-corrected chi connectivity index (χ1v) is 9.53. The van der Waals surface area contributed by atoms with Crippen molar-refractivity contribution in [2.75, 3.05) is 6.54 Å². The summed E-state index contributed by atoms with van der Waals surface area (Å²) in [5.74, 6) is 0. The number of hydrogen-bond donors (Lipinski definition) is 2. The molecule has 1 aromatic heterocycles. The lowest BCUT2D eigenvalue weighted by Crippen LogP contribution is -2.42. The van der Waals surface area contributed by atoms with Gasteiger partial charge in [-0.2, -0.15) is 0 Å². The fourth-order valence-electron chi connectivity index (χ4n) is 3.20. The Hall–Kier alpha value is -1.50. The first kappa shape index (κ1) is 16.4. The SMILES string of the molecule is O=S(=O)(NCC1(O)CCCCCC1)c1cccc2cnccc12. The zero-order valence-corrected chi connectivity index (χ0v) is 13.8. The maximum atomic E-state index is 12.7. The van der Waals surface area contributed by atoms with Crippen molar-refractivity contribution in [1.29, 1.82) is 0 Å². The molecule has 0 aliphatic heterocycles. The van der Waals surface area contributed by atoms with Crippen molar-refractivity contribution >= 4 is 20.8 Å². The van der Waals surface area contributed by atoms with Crippen LogP contribution in [0.15, 0.2) is 41.6 Å². The number of aromatic nitrogens is 1. The Morgan fingerprint density at radius 1 is 1.13 bits per heavy atom. The number of nitrogens with one attached hydrogen (secondary N) is 1. The van der Waals surface area contributed by atoms with Gasteiger partial charge in [-0.05, 0) is 25.0 Å². The van der Waals surface area contributed by atoms with Crippen molar-refractivity contribution in [3.8, 4) is 0 Å². The van der Waals surface area contributed by atoms with E-state index in [4.69, 9.17) is 0 Å². The van der Waals surface area contributed by atoms with E-state index in [-0.39, 0.29) is 11.4 Å². The highest BCUT2D eigenvalue weighted by atomic mass is 32.2. The predicted molar refractivity (Wildman–Crippen MR) is 89.6 cm³/mol. The van der Waals surface area contributed by atoms with E-state index in [0.29, 0.717) is 18.2 Å². The third kappa shape index (κ3) is 3.71. The minimum absolute atomic E-state index is 0.0663. The number of sulfonamides is 1. The van der Waals surface area contributed by atoms with Crippen molar-refractivity contribution in [3.63, 3.8) is 0 Å². The summed E-state index contributed by atoms with van der Waals surface area (Å²) in [6.07, 6.45) is 8.62. The molecule has 1 fully saturated rings. The van der Waals surface area contributed by atoms with E-state index in [1.54, 1.807) is 30.6 Å². The summed E-state index contributed by atoms with van der Waals surface area (Å²) < 4.78 is 28.0. The van der Waals surface area contributed by atoms with Crippen molar-refractivity contribution in [1.82, 2.24) is 9.71 Å². The summed E-state index contributed by atoms with van der Waals surface area (Å²) in [4.78, 5) is 4.25. The maximum Gasteiger partial charge on any atom is 0.241 e. The second kappa shape index (κ2) is 6.55. The van der Waals surface area contributed by atoms with Crippen molar-refractivity contribution in [2.45, 2.75) is 49.0 Å². The quantitative estimate of drug-likeness (QED) is 0.842. The topological polar surface area (TPSA) is 79.3 Å². The third-order valence-electron chi connectivity index (χ3n) is 4.56. The molecule has 0 spiro atoms. The Balaban J connectivity index is 1.83. The highest BCUT2D eigenvalue weighted by Gasteiger charge is 2.30. The lowest BCUT2D eigenvalue weighted by Gasteiger charge is -2.26. The van der Waals surface area contributed by atoms with Crippen LogP contribution in [0.2, 0.25) is 0 Å². The highest BCUT2D eigenvalue weighted by Crippen LogP contribution is 2.27. The van der Waals surface area contributed by atoms with Gasteiger partial charge in [-0.15, -0.1) is 0 Å². The van der Waals surface area contributed by atoms with Gasteiger partial charge in [-0.1, -0.05) is 37.8 Å². The first-order valence-electron chi connectivity index (χ1n) is 8.05. The number of rotatable bonds is 4. The molecule has 0 radical (unpaired) electrons. The van der Waals surface area contributed by atoms with E-state index in [2.05, 4.69) is 9.71 Å². The number of fused-ring (bicyclic) bond motifs is 1. The van der Waals surface area contributed by atoms with Gasteiger partial charge < -0.3 is 5.11 Å². The van der Waals surface area contributed by atoms with Gasteiger partial charge in [0, 0.05) is 29.7 Å². The molecule has 3 rings (SSSR count). The largest absolute Gasteiger partial charge is 0.389 e. The third-order valence-corrected chi connectivity index (χ3v) is 6.02. The molecule has 1 heterocycles. The van der Waals surface area contributed by atoms with Crippen LogP contribution in [0.3, 0.4) is 0 Å². The van der Waals surface area contributed by atoms with Gasteiger partial charge >= 0.3 is 0 Å². The van der Waals surface area contributed by atoms with Crippen LogP contribution in [0, 0.1) is 0 Å². The zero-order valence-electron chi connectivity index (χ0n) is 13.0. The fraction of sp³-hybridized carbons (Fsp3) is 0.471. The summed E-state index contributed by atoms with van der Waals surface area (Å²) in [5.41, 5.74) is -0.935. The molecule has 1 aliphatic rings. The maximum absolute atomic E-state index is 12.7. The average Bonchev–Trinajstić information content (AvgIpc) is 2.78. The highest BCUT2D eigenvalue weighted by molar-refractivity contribution is 7.89. The van der Waals surface area contributed by atoms with Crippen LogP contribution in [0.4, 0.5) is 0 Å². The van der Waals surface area contributed by atoms with E-state index in [0.717, 1.165) is 31.1 Å². The average molecular weight is 334 g/mol. The number of pyridine rings is 1. The van der Waals surface area contributed by atoms with Crippen LogP contribution in [0.5, 0.6) is 0 Å². The van der Waals surface area contributed by atoms with Crippen molar-refractivity contribution < 1.29 is 13.5 Å². The molecule has 6 heteroatoms. The molecule has 0 unspecified atom stereocenters. The van der Waals surface area contributed by atoms with Gasteiger partial charge in [0.05, 0.1) is 10.5 Å². The summed E-state index contributed by atoms with van der Waals surface area (Å²) >= 11 is 0. The molecule has 1 aliphatic carbocycles. The smallest absolute Gasteiger partial charge is 0.241 e. The summed E-state index contributed by atoms with van der Waals surface area (Å²) in [6.45, 7) is 0.0663. The molecule has 0 amide bonds. The van der Waals surface area contributed by atoms with Crippen LogP contribution in [0.25, 0.3) is 10.8 Å². The van der Waals surface area contributed by atoms with Gasteiger partial charge in [0.15, 0.2) is 0 Å².